The summed E-state index contributed by atoms with van der Waals surface area (Å²) >= 11 is 0. The number of carboxylic acid groups (broad SMARTS) is 1. The van der Waals surface area contributed by atoms with Gasteiger partial charge >= 0.3 is 17.9 Å². The lowest BCUT2D eigenvalue weighted by Gasteiger charge is -2.59. The number of hydrogen-bond acceptors (Lipinski definition) is 9. The van der Waals surface area contributed by atoms with Crippen LogP contribution in [0.25, 0.3) is 0 Å². The molecule has 11 nitrogen and oxygen atoms in total. The highest BCUT2D eigenvalue weighted by Crippen LogP contribution is 2.68. The first-order valence-corrected chi connectivity index (χ1v) is 14.5. The number of esters is 2. The number of carboxylic acids is 1. The fraction of sp³-hybridized carbons (Fsp3) is 0.733. The highest BCUT2D eigenvalue weighted by molar-refractivity contribution is 5.94. The molecule has 0 aliphatic heterocycles. The predicted octanol–water partition coefficient (Wildman–Crippen LogP) is 2.27. The number of hydrogen-bond donors (Lipinski definition) is 3. The van der Waals surface area contributed by atoms with E-state index < -0.39 is 66.3 Å². The van der Waals surface area contributed by atoms with Crippen molar-refractivity contribution in [3.8, 4) is 0 Å². The largest absolute Gasteiger partial charge is 0.480 e. The molecule has 0 aromatic carbocycles. The van der Waals surface area contributed by atoms with Crippen molar-refractivity contribution >= 4 is 35.4 Å². The molecule has 0 radical (unpaired) electrons. The van der Waals surface area contributed by atoms with Crippen molar-refractivity contribution in [1.82, 2.24) is 5.32 Å². The third-order valence-electron chi connectivity index (χ3n) is 10.6. The number of carbonyl (C=O) groups is 6. The number of aliphatic hydroxyl groups excluding tert-OH is 1. The van der Waals surface area contributed by atoms with Gasteiger partial charge in [-0.15, -0.1) is 0 Å². The lowest BCUT2D eigenvalue weighted by molar-refractivity contribution is -0.191. The van der Waals surface area contributed by atoms with Crippen LogP contribution in [0.1, 0.15) is 85.0 Å². The summed E-state index contributed by atoms with van der Waals surface area (Å²) in [6.45, 7) is 4.17. The van der Waals surface area contributed by atoms with Gasteiger partial charge in [0.2, 0.25) is 11.7 Å². The van der Waals surface area contributed by atoms with Gasteiger partial charge in [0.05, 0.1) is 13.0 Å². The maximum atomic E-state index is 13.8. The molecule has 1 amide bonds. The van der Waals surface area contributed by atoms with Crippen LogP contribution in [0.4, 0.5) is 0 Å². The van der Waals surface area contributed by atoms with E-state index in [-0.39, 0.29) is 23.5 Å². The number of ether oxygens (including phenoxy) is 2. The summed E-state index contributed by atoms with van der Waals surface area (Å²) < 4.78 is 11.1. The number of ketones is 2. The molecular weight excluding hydrogens is 534 g/mol. The third-order valence-corrected chi connectivity index (χ3v) is 10.6. The topological polar surface area (TPSA) is 173 Å². The van der Waals surface area contributed by atoms with Crippen LogP contribution < -0.4 is 5.32 Å². The van der Waals surface area contributed by atoms with E-state index in [1.165, 1.54) is 12.5 Å². The number of fused-ring (bicyclic) bond motifs is 5. The molecule has 226 valence electrons. The second kappa shape index (κ2) is 11.7. The molecule has 0 unspecified atom stereocenters. The van der Waals surface area contributed by atoms with Gasteiger partial charge in [0.25, 0.3) is 0 Å². The maximum Gasteiger partial charge on any atom is 0.328 e. The number of amides is 1. The van der Waals surface area contributed by atoms with Crippen LogP contribution in [-0.4, -0.2) is 70.5 Å². The zero-order valence-electron chi connectivity index (χ0n) is 24.0. The molecule has 0 aromatic rings. The summed E-state index contributed by atoms with van der Waals surface area (Å²) in [5.41, 5.74) is -0.865. The Morgan fingerprint density at radius 1 is 1.02 bits per heavy atom. The van der Waals surface area contributed by atoms with E-state index >= 15 is 0 Å². The standard InChI is InChI=1S/C30H41NO10/c1-17(33)41-30(24(35)16-40-26(37)7-6-25(36)31-23(15-32)27(38)39)13-10-22-20-5-4-18-14-19(34)8-11-28(18,2)21(20)9-12-29(22,30)3/h14,20-23,32H,4-13,15-16H2,1-3H3,(H,31,36)(H,38,39)/t20-,21+,22+,23+,28-,29-,30-/m0/s1. The first kappa shape index (κ1) is 30.9. The Labute approximate surface area is 239 Å². The zero-order valence-corrected chi connectivity index (χ0v) is 24.0. The Hall–Kier alpha value is -3.08. The monoisotopic (exact) mass is 575 g/mol. The molecule has 0 spiro atoms. The molecule has 3 fully saturated rings. The van der Waals surface area contributed by atoms with Crippen LogP contribution in [0.3, 0.4) is 0 Å². The van der Waals surface area contributed by atoms with Crippen LogP contribution in [0.15, 0.2) is 11.6 Å². The first-order valence-electron chi connectivity index (χ1n) is 14.5. The molecule has 0 bridgehead atoms. The van der Waals surface area contributed by atoms with E-state index in [1.807, 2.05) is 13.0 Å². The second-order valence-corrected chi connectivity index (χ2v) is 12.6. The van der Waals surface area contributed by atoms with Gasteiger partial charge in [-0.3, -0.25) is 24.0 Å². The number of carbonyl (C=O) groups excluding carboxylic acids is 5. The van der Waals surface area contributed by atoms with E-state index in [0.717, 1.165) is 25.7 Å². The maximum absolute atomic E-state index is 13.8. The average molecular weight is 576 g/mol. The van der Waals surface area contributed by atoms with Crippen molar-refractivity contribution in [2.75, 3.05) is 13.2 Å². The van der Waals surface area contributed by atoms with Crippen LogP contribution >= 0.6 is 0 Å². The lowest BCUT2D eigenvalue weighted by Crippen LogP contribution is -2.59. The number of aliphatic carboxylic acids is 1. The zero-order chi connectivity index (χ0) is 30.2. The summed E-state index contributed by atoms with van der Waals surface area (Å²) in [7, 11) is 0. The molecule has 0 heterocycles. The van der Waals surface area contributed by atoms with Gasteiger partial charge in [0.1, 0.15) is 6.04 Å². The average Bonchev–Trinajstić information content (AvgIpc) is 3.21. The van der Waals surface area contributed by atoms with Gasteiger partial charge in [-0.1, -0.05) is 19.4 Å². The number of allylic oxidation sites excluding steroid dienone is 1. The van der Waals surface area contributed by atoms with Gasteiger partial charge in [-0.2, -0.15) is 0 Å². The minimum absolute atomic E-state index is 0.0433. The van der Waals surface area contributed by atoms with Crippen LogP contribution in [-0.2, 0) is 38.2 Å². The lowest BCUT2D eigenvalue weighted by atomic mass is 9.46. The van der Waals surface area contributed by atoms with Gasteiger partial charge in [0.15, 0.2) is 18.0 Å². The fourth-order valence-electron chi connectivity index (χ4n) is 8.49. The fourth-order valence-corrected chi connectivity index (χ4v) is 8.49. The molecule has 4 aliphatic rings. The SMILES string of the molecule is CC(=O)O[C@]1(C(=O)COC(=O)CCC(=O)N[C@H](CO)C(=O)O)CC[C@@H]2[C@H]3CCC4=CC(=O)CC[C@]4(C)[C@@H]3CC[C@@]21C. The van der Waals surface area contributed by atoms with E-state index in [9.17, 15) is 28.8 Å². The molecule has 4 aliphatic carbocycles. The van der Waals surface area contributed by atoms with E-state index in [1.54, 1.807) is 0 Å². The van der Waals surface area contributed by atoms with E-state index in [2.05, 4.69) is 12.2 Å². The quantitative estimate of drug-likeness (QED) is 0.328. The normalized spacial score (nSPS) is 34.7. The molecule has 7 atom stereocenters. The van der Waals surface area contributed by atoms with Crippen LogP contribution in [0.5, 0.6) is 0 Å². The molecule has 0 aromatic heterocycles. The Morgan fingerprint density at radius 2 is 1.73 bits per heavy atom. The number of Topliss-reactive ketones (excluding diaryl/α,β-unsaturated/α-hetero) is 1. The first-order chi connectivity index (χ1) is 19.3. The molecule has 41 heavy (non-hydrogen) atoms. The Morgan fingerprint density at radius 3 is 2.39 bits per heavy atom. The number of nitrogens with one attached hydrogen (secondary N) is 1. The molecule has 11 heteroatoms. The smallest absolute Gasteiger partial charge is 0.328 e. The predicted molar refractivity (Wildman–Crippen MR) is 143 cm³/mol. The summed E-state index contributed by atoms with van der Waals surface area (Å²) in [6, 6.07) is -1.48. The molecule has 4 rings (SSSR count). The molecule has 3 saturated carbocycles. The summed E-state index contributed by atoms with van der Waals surface area (Å²) in [5, 5.41) is 20.0. The minimum Gasteiger partial charge on any atom is -0.480 e. The Bertz CT molecular complexity index is 1160. The van der Waals surface area contributed by atoms with Crippen LogP contribution in [0, 0.1) is 28.6 Å². The summed E-state index contributed by atoms with van der Waals surface area (Å²) in [5.74, 6) is -3.01. The van der Waals surface area contributed by atoms with Gasteiger partial charge in [-0.25, -0.2) is 4.79 Å². The summed E-state index contributed by atoms with van der Waals surface area (Å²) in [4.78, 5) is 73.5. The van der Waals surface area contributed by atoms with E-state index in [0.29, 0.717) is 37.5 Å². The highest BCUT2D eigenvalue weighted by atomic mass is 16.6. The Kier molecular flexibility index (Phi) is 8.78. The van der Waals surface area contributed by atoms with Gasteiger partial charge < -0.3 is 25.0 Å². The van der Waals surface area contributed by atoms with E-state index in [4.69, 9.17) is 19.7 Å². The third kappa shape index (κ3) is 5.57. The van der Waals surface area contributed by atoms with Gasteiger partial charge in [0, 0.05) is 25.2 Å². The second-order valence-electron chi connectivity index (χ2n) is 12.6. The van der Waals surface area contributed by atoms with Crippen molar-refractivity contribution in [2.24, 2.45) is 28.6 Å². The molecule has 0 saturated heterocycles. The highest BCUT2D eigenvalue weighted by Gasteiger charge is 2.68. The number of rotatable bonds is 10. The minimum atomic E-state index is -1.48. The number of aliphatic hydroxyl groups is 1. The van der Waals surface area contributed by atoms with Crippen molar-refractivity contribution in [3.63, 3.8) is 0 Å². The van der Waals surface area contributed by atoms with Crippen molar-refractivity contribution in [3.05, 3.63) is 11.6 Å². The molecule has 3 N–H and O–H groups in total. The van der Waals surface area contributed by atoms with Crippen molar-refractivity contribution in [2.45, 2.75) is 96.6 Å². The van der Waals surface area contributed by atoms with Crippen molar-refractivity contribution in [1.29, 1.82) is 0 Å². The molecular formula is C30H41NO10. The summed E-state index contributed by atoms with van der Waals surface area (Å²) in [6.07, 6.45) is 6.78. The van der Waals surface area contributed by atoms with Gasteiger partial charge in [-0.05, 0) is 74.2 Å². The Balaban J connectivity index is 1.44. The van der Waals surface area contributed by atoms with Crippen molar-refractivity contribution < 1.29 is 48.5 Å². The van der Waals surface area contributed by atoms with Crippen LogP contribution in [0.2, 0.25) is 0 Å².